The number of imidazole rings is 1. The van der Waals surface area contributed by atoms with Gasteiger partial charge in [0.2, 0.25) is 11.6 Å². The highest BCUT2D eigenvalue weighted by Crippen LogP contribution is 2.34. The molecule has 0 unspecified atom stereocenters. The van der Waals surface area contributed by atoms with Crippen LogP contribution in [0.15, 0.2) is 18.2 Å². The predicted octanol–water partition coefficient (Wildman–Crippen LogP) is 2.81. The predicted molar refractivity (Wildman–Crippen MR) is 73.5 cm³/mol. The van der Waals surface area contributed by atoms with E-state index in [1.165, 1.54) is 19.0 Å². The molecule has 0 spiro atoms. The molecule has 1 aliphatic rings. The number of rotatable bonds is 4. The number of ketones is 1. The quantitative estimate of drug-likeness (QED) is 0.482. The number of allylic oxidation sites excluding steroid dienone is 1. The van der Waals surface area contributed by atoms with Crippen LogP contribution in [0.4, 0.5) is 17.6 Å². The number of hydrogen-bond donors (Lipinski definition) is 0. The van der Waals surface area contributed by atoms with Crippen molar-refractivity contribution in [3.8, 4) is 0 Å². The van der Waals surface area contributed by atoms with Gasteiger partial charge in [0, 0.05) is 39.6 Å². The summed E-state index contributed by atoms with van der Waals surface area (Å²) in [5.41, 5.74) is -0.403. The molecule has 2 rings (SSSR count). The van der Waals surface area contributed by atoms with E-state index >= 15 is 0 Å². The Labute approximate surface area is 130 Å². The summed E-state index contributed by atoms with van der Waals surface area (Å²) in [4.78, 5) is 16.8. The number of carbonyl (C=O) groups excluding carboxylic acids is 1. The maximum absolute atomic E-state index is 13.9. The first kappa shape index (κ1) is 17.5. The van der Waals surface area contributed by atoms with Gasteiger partial charge in [-0.3, -0.25) is 4.79 Å². The second kappa shape index (κ2) is 6.69. The summed E-state index contributed by atoms with van der Waals surface area (Å²) < 4.78 is 59.3. The number of nitrogens with zero attached hydrogens (tertiary/aromatic N) is 3. The third kappa shape index (κ3) is 3.90. The molecular formula is C14H17F4N3O2. The molecule has 1 aromatic rings. The number of ether oxygens (including phenoxy) is 1. The van der Waals surface area contributed by atoms with Gasteiger partial charge in [-0.2, -0.15) is 13.2 Å². The van der Waals surface area contributed by atoms with Crippen molar-refractivity contribution in [3.05, 3.63) is 29.7 Å². The molecule has 1 aliphatic heterocycles. The van der Waals surface area contributed by atoms with E-state index in [9.17, 15) is 22.4 Å². The van der Waals surface area contributed by atoms with Crippen molar-refractivity contribution in [2.45, 2.75) is 25.1 Å². The minimum Gasteiger partial charge on any atom is -0.381 e. The lowest BCUT2D eigenvalue weighted by atomic mass is 10.1. The summed E-state index contributed by atoms with van der Waals surface area (Å²) in [6.07, 6.45) is -2.42. The lowest BCUT2D eigenvalue weighted by Gasteiger charge is -2.26. The first-order chi connectivity index (χ1) is 10.7. The van der Waals surface area contributed by atoms with E-state index in [1.54, 1.807) is 0 Å². The third-order valence-corrected chi connectivity index (χ3v) is 3.43. The Balaban J connectivity index is 2.47. The van der Waals surface area contributed by atoms with Crippen molar-refractivity contribution in [1.82, 2.24) is 14.5 Å². The SMILES string of the molecule is CN(C)C=C(F)C(=O)c1cnc(C(F)(F)F)n1C1CCOCC1. The summed E-state index contributed by atoms with van der Waals surface area (Å²) >= 11 is 0. The van der Waals surface area contributed by atoms with Gasteiger partial charge in [-0.05, 0) is 12.8 Å². The smallest absolute Gasteiger partial charge is 0.381 e. The molecule has 1 fully saturated rings. The summed E-state index contributed by atoms with van der Waals surface area (Å²) in [7, 11) is 3.01. The molecule has 0 N–H and O–H groups in total. The fourth-order valence-corrected chi connectivity index (χ4v) is 2.46. The molecule has 1 aromatic heterocycles. The highest BCUT2D eigenvalue weighted by Gasteiger charge is 2.40. The summed E-state index contributed by atoms with van der Waals surface area (Å²) in [5.74, 6) is -3.45. The highest BCUT2D eigenvalue weighted by atomic mass is 19.4. The molecule has 0 amide bonds. The Morgan fingerprint density at radius 2 is 2.00 bits per heavy atom. The largest absolute Gasteiger partial charge is 0.449 e. The molecule has 0 aliphatic carbocycles. The molecule has 9 heteroatoms. The maximum Gasteiger partial charge on any atom is 0.449 e. The van der Waals surface area contributed by atoms with Gasteiger partial charge in [-0.25, -0.2) is 9.37 Å². The Bertz CT molecular complexity index is 602. The Hall–Kier alpha value is -1.90. The number of aromatic nitrogens is 2. The number of Topliss-reactive ketones (excluding diaryl/α,β-unsaturated/α-hetero) is 1. The van der Waals surface area contributed by atoms with E-state index in [2.05, 4.69) is 4.98 Å². The fraction of sp³-hybridized carbons (Fsp3) is 0.571. The van der Waals surface area contributed by atoms with Crippen molar-refractivity contribution in [2.75, 3.05) is 27.3 Å². The van der Waals surface area contributed by atoms with Crippen molar-refractivity contribution in [1.29, 1.82) is 0 Å². The molecule has 2 heterocycles. The van der Waals surface area contributed by atoms with Crippen molar-refractivity contribution in [2.24, 2.45) is 0 Å². The zero-order valence-corrected chi connectivity index (χ0v) is 12.7. The van der Waals surface area contributed by atoms with Gasteiger partial charge in [0.15, 0.2) is 5.83 Å². The average molecular weight is 335 g/mol. The molecular weight excluding hydrogens is 318 g/mol. The molecule has 23 heavy (non-hydrogen) atoms. The molecule has 0 atom stereocenters. The topological polar surface area (TPSA) is 47.4 Å². The average Bonchev–Trinajstić information content (AvgIpc) is 2.91. The summed E-state index contributed by atoms with van der Waals surface area (Å²) in [6.45, 7) is 0.563. The van der Waals surface area contributed by atoms with Crippen LogP contribution in [0.25, 0.3) is 0 Å². The number of hydrogen-bond acceptors (Lipinski definition) is 4. The molecule has 0 aromatic carbocycles. The van der Waals surface area contributed by atoms with E-state index in [0.29, 0.717) is 12.8 Å². The van der Waals surface area contributed by atoms with Crippen LogP contribution in [-0.4, -0.2) is 47.5 Å². The second-order valence-corrected chi connectivity index (χ2v) is 5.45. The van der Waals surface area contributed by atoms with Crippen molar-refractivity contribution >= 4 is 5.78 Å². The van der Waals surface area contributed by atoms with Crippen LogP contribution >= 0.6 is 0 Å². The summed E-state index contributed by atoms with van der Waals surface area (Å²) in [6, 6.07) is -0.603. The van der Waals surface area contributed by atoms with Gasteiger partial charge in [-0.1, -0.05) is 0 Å². The van der Waals surface area contributed by atoms with E-state index in [0.717, 1.165) is 17.0 Å². The Morgan fingerprint density at radius 3 is 2.52 bits per heavy atom. The zero-order chi connectivity index (χ0) is 17.2. The molecule has 0 radical (unpaired) electrons. The highest BCUT2D eigenvalue weighted by molar-refractivity contribution is 6.05. The lowest BCUT2D eigenvalue weighted by molar-refractivity contribution is -0.148. The fourth-order valence-electron chi connectivity index (χ4n) is 2.46. The third-order valence-electron chi connectivity index (χ3n) is 3.43. The standard InChI is InChI=1S/C14H17F4N3O2/c1-20(2)8-10(15)12(22)11-7-19-13(14(16,17)18)21(11)9-3-5-23-6-4-9/h7-9H,3-6H2,1-2H3. The van der Waals surface area contributed by atoms with E-state index in [1.807, 2.05) is 0 Å². The molecule has 0 saturated carbocycles. The number of halogens is 4. The van der Waals surface area contributed by atoms with Gasteiger partial charge < -0.3 is 14.2 Å². The van der Waals surface area contributed by atoms with Gasteiger partial charge in [0.25, 0.3) is 0 Å². The Kier molecular flexibility index (Phi) is 5.08. The summed E-state index contributed by atoms with van der Waals surface area (Å²) in [5, 5.41) is 0. The first-order valence-electron chi connectivity index (χ1n) is 7.02. The van der Waals surface area contributed by atoms with Crippen LogP contribution in [0.2, 0.25) is 0 Å². The molecule has 5 nitrogen and oxygen atoms in total. The molecule has 128 valence electrons. The van der Waals surface area contributed by atoms with E-state index < -0.39 is 35.3 Å². The van der Waals surface area contributed by atoms with Crippen LogP contribution in [0.3, 0.4) is 0 Å². The van der Waals surface area contributed by atoms with Crippen LogP contribution < -0.4 is 0 Å². The normalized spacial score (nSPS) is 17.4. The second-order valence-electron chi connectivity index (χ2n) is 5.45. The van der Waals surface area contributed by atoms with Crippen LogP contribution in [-0.2, 0) is 10.9 Å². The van der Waals surface area contributed by atoms with Gasteiger partial charge in [0.05, 0.1) is 6.20 Å². The van der Waals surface area contributed by atoms with Gasteiger partial charge in [-0.15, -0.1) is 0 Å². The maximum atomic E-state index is 13.9. The monoisotopic (exact) mass is 335 g/mol. The van der Waals surface area contributed by atoms with Crippen LogP contribution in [0.5, 0.6) is 0 Å². The van der Waals surface area contributed by atoms with Gasteiger partial charge in [0.1, 0.15) is 5.69 Å². The van der Waals surface area contributed by atoms with E-state index in [4.69, 9.17) is 4.74 Å². The molecule has 1 saturated heterocycles. The Morgan fingerprint density at radius 1 is 1.39 bits per heavy atom. The molecule has 0 bridgehead atoms. The van der Waals surface area contributed by atoms with Gasteiger partial charge >= 0.3 is 6.18 Å². The minimum atomic E-state index is -4.72. The van der Waals surface area contributed by atoms with E-state index in [-0.39, 0.29) is 13.2 Å². The lowest BCUT2D eigenvalue weighted by Crippen LogP contribution is -2.27. The van der Waals surface area contributed by atoms with Crippen LogP contribution in [0.1, 0.15) is 35.2 Å². The first-order valence-corrected chi connectivity index (χ1v) is 7.02. The van der Waals surface area contributed by atoms with Crippen molar-refractivity contribution < 1.29 is 27.1 Å². The van der Waals surface area contributed by atoms with Crippen molar-refractivity contribution in [3.63, 3.8) is 0 Å². The minimum absolute atomic E-state index is 0.282. The van der Waals surface area contributed by atoms with Crippen LogP contribution in [0, 0.1) is 0 Å². The number of carbonyl (C=O) groups is 1. The number of alkyl halides is 3. The zero-order valence-electron chi connectivity index (χ0n) is 12.7.